The fraction of sp³-hybridized carbons (Fsp3) is 0.375. The summed E-state index contributed by atoms with van der Waals surface area (Å²) in [5.74, 6) is -2.19. The van der Waals surface area contributed by atoms with Crippen molar-refractivity contribution >= 4 is 23.9 Å². The number of alkyl carbamates (subject to hydrolysis) is 1. The van der Waals surface area contributed by atoms with Crippen LogP contribution in [0.5, 0.6) is 0 Å². The highest BCUT2D eigenvalue weighted by Gasteiger charge is 2.27. The molecule has 2 rings (SSSR count). The van der Waals surface area contributed by atoms with Crippen LogP contribution in [0.3, 0.4) is 0 Å². The van der Waals surface area contributed by atoms with E-state index >= 15 is 0 Å². The Morgan fingerprint density at radius 1 is 0.857 bits per heavy atom. The van der Waals surface area contributed by atoms with Crippen molar-refractivity contribution in [1.29, 1.82) is 0 Å². The molecule has 0 aliphatic rings. The Bertz CT molecular complexity index is 1160. The molecule has 42 heavy (non-hydrogen) atoms. The van der Waals surface area contributed by atoms with Gasteiger partial charge in [-0.2, -0.15) is 0 Å². The maximum atomic E-state index is 13.2. The van der Waals surface area contributed by atoms with E-state index in [1.165, 1.54) is 6.08 Å². The lowest BCUT2D eigenvalue weighted by Crippen LogP contribution is -2.47. The van der Waals surface area contributed by atoms with Gasteiger partial charge >= 0.3 is 12.1 Å². The van der Waals surface area contributed by atoms with E-state index < -0.39 is 42.0 Å². The predicted molar refractivity (Wildman–Crippen MR) is 159 cm³/mol. The second kappa shape index (κ2) is 18.8. The molecule has 0 saturated carbocycles. The Balaban J connectivity index is 2.05. The summed E-state index contributed by atoms with van der Waals surface area (Å²) >= 11 is 0. The van der Waals surface area contributed by atoms with Crippen molar-refractivity contribution in [2.45, 2.75) is 57.3 Å². The fourth-order valence-electron chi connectivity index (χ4n) is 4.03. The summed E-state index contributed by atoms with van der Waals surface area (Å²) in [4.78, 5) is 50.9. The first-order valence-corrected chi connectivity index (χ1v) is 13.9. The van der Waals surface area contributed by atoms with Crippen molar-refractivity contribution in [2.24, 2.45) is 5.92 Å². The molecule has 0 aliphatic carbocycles. The molecule has 0 radical (unpaired) electrons. The topological polar surface area (TPSA) is 143 Å². The largest absolute Gasteiger partial charge is 0.462 e. The summed E-state index contributed by atoms with van der Waals surface area (Å²) in [6, 6.07) is 16.4. The van der Waals surface area contributed by atoms with Crippen LogP contribution in [0.25, 0.3) is 0 Å². The molecule has 0 aliphatic heterocycles. The standard InChI is InChI=1S/C32H41N3O7/c1-4-12-26(19-29(37)33-23(3)20-36)30(38)34-27(18-24-14-8-6-9-15-24)22-41-31(39)28(13-5-2)35-32(40)42-21-25-16-10-7-11-17-25/h4-11,14-17,23,26-28,36H,1-2,12-13,18-22H2,3H3,(H,33,37)(H,34,38)(H,35,40)/t23-,26-,27-,28-/m1/s1. The van der Waals surface area contributed by atoms with Gasteiger partial charge in [-0.05, 0) is 37.3 Å². The smallest absolute Gasteiger partial charge is 0.408 e. The molecule has 0 spiro atoms. The maximum Gasteiger partial charge on any atom is 0.408 e. The van der Waals surface area contributed by atoms with Crippen LogP contribution in [0.4, 0.5) is 4.79 Å². The highest BCUT2D eigenvalue weighted by Crippen LogP contribution is 2.13. The minimum absolute atomic E-state index is 0.0382. The number of benzene rings is 2. The van der Waals surface area contributed by atoms with Crippen LogP contribution in [0.15, 0.2) is 86.0 Å². The lowest BCUT2D eigenvalue weighted by atomic mass is 9.98. The van der Waals surface area contributed by atoms with Gasteiger partial charge in [0, 0.05) is 12.5 Å². The van der Waals surface area contributed by atoms with Crippen LogP contribution in [0.2, 0.25) is 0 Å². The van der Waals surface area contributed by atoms with Gasteiger partial charge in [0.1, 0.15) is 19.3 Å². The molecule has 0 bridgehead atoms. The van der Waals surface area contributed by atoms with Crippen LogP contribution in [0, 0.1) is 5.92 Å². The second-order valence-corrected chi connectivity index (χ2v) is 9.88. The Labute approximate surface area is 247 Å². The second-order valence-electron chi connectivity index (χ2n) is 9.88. The van der Waals surface area contributed by atoms with Gasteiger partial charge in [-0.25, -0.2) is 9.59 Å². The number of rotatable bonds is 18. The van der Waals surface area contributed by atoms with E-state index in [9.17, 15) is 24.3 Å². The number of esters is 1. The number of nitrogens with one attached hydrogen (secondary N) is 3. The number of carbonyl (C=O) groups excluding carboxylic acids is 4. The van der Waals surface area contributed by atoms with Gasteiger partial charge < -0.3 is 30.5 Å². The van der Waals surface area contributed by atoms with Gasteiger partial charge in [0.15, 0.2) is 0 Å². The highest BCUT2D eigenvalue weighted by atomic mass is 16.6. The van der Waals surface area contributed by atoms with Crippen molar-refractivity contribution in [1.82, 2.24) is 16.0 Å². The number of allylic oxidation sites excluding steroid dienone is 1. The average Bonchev–Trinajstić information content (AvgIpc) is 2.99. The van der Waals surface area contributed by atoms with Crippen molar-refractivity contribution < 1.29 is 33.8 Å². The Kier molecular flexibility index (Phi) is 15.1. The van der Waals surface area contributed by atoms with Gasteiger partial charge in [-0.1, -0.05) is 72.8 Å². The van der Waals surface area contributed by atoms with E-state index in [2.05, 4.69) is 29.1 Å². The normalized spacial score (nSPS) is 13.4. The summed E-state index contributed by atoms with van der Waals surface area (Å²) in [5, 5.41) is 17.3. The quantitative estimate of drug-likeness (QED) is 0.157. The van der Waals surface area contributed by atoms with Crippen LogP contribution in [-0.2, 0) is 36.9 Å². The van der Waals surface area contributed by atoms with Gasteiger partial charge in [-0.15, -0.1) is 13.2 Å². The first kappa shape index (κ1) is 33.8. The molecule has 2 aromatic carbocycles. The lowest BCUT2D eigenvalue weighted by Gasteiger charge is -2.24. The number of hydrogen-bond donors (Lipinski definition) is 4. The van der Waals surface area contributed by atoms with Crippen molar-refractivity contribution in [3.63, 3.8) is 0 Å². The number of aliphatic hydroxyl groups is 1. The van der Waals surface area contributed by atoms with Crippen LogP contribution < -0.4 is 16.0 Å². The zero-order valence-electron chi connectivity index (χ0n) is 24.0. The summed E-state index contributed by atoms with van der Waals surface area (Å²) < 4.78 is 10.8. The molecule has 10 heteroatoms. The Morgan fingerprint density at radius 3 is 2.07 bits per heavy atom. The summed E-state index contributed by atoms with van der Waals surface area (Å²) in [6.45, 7) is 8.63. The number of amides is 3. The predicted octanol–water partition coefficient (Wildman–Crippen LogP) is 3.21. The molecule has 0 fully saturated rings. The van der Waals surface area contributed by atoms with E-state index in [1.54, 1.807) is 13.0 Å². The zero-order valence-corrected chi connectivity index (χ0v) is 24.0. The van der Waals surface area contributed by atoms with E-state index in [-0.39, 0.29) is 45.0 Å². The van der Waals surface area contributed by atoms with E-state index in [4.69, 9.17) is 9.47 Å². The molecule has 0 heterocycles. The zero-order chi connectivity index (χ0) is 30.7. The third kappa shape index (κ3) is 12.8. The molecule has 2 aromatic rings. The Morgan fingerprint density at radius 2 is 1.48 bits per heavy atom. The van der Waals surface area contributed by atoms with Gasteiger partial charge in [0.05, 0.1) is 18.6 Å². The van der Waals surface area contributed by atoms with Crippen molar-refractivity contribution in [2.75, 3.05) is 13.2 Å². The van der Waals surface area contributed by atoms with E-state index in [0.29, 0.717) is 6.42 Å². The van der Waals surface area contributed by atoms with Crippen LogP contribution in [0.1, 0.15) is 37.3 Å². The molecule has 4 atom stereocenters. The molecule has 3 amide bonds. The minimum Gasteiger partial charge on any atom is -0.462 e. The molecule has 10 nitrogen and oxygen atoms in total. The third-order valence-electron chi connectivity index (χ3n) is 6.22. The molecular weight excluding hydrogens is 538 g/mol. The third-order valence-corrected chi connectivity index (χ3v) is 6.22. The maximum absolute atomic E-state index is 13.2. The molecule has 226 valence electrons. The lowest BCUT2D eigenvalue weighted by molar-refractivity contribution is -0.147. The fourth-order valence-corrected chi connectivity index (χ4v) is 4.03. The van der Waals surface area contributed by atoms with Crippen molar-refractivity contribution in [3.8, 4) is 0 Å². The molecule has 0 saturated heterocycles. The number of ether oxygens (including phenoxy) is 2. The highest BCUT2D eigenvalue weighted by molar-refractivity contribution is 5.86. The van der Waals surface area contributed by atoms with Gasteiger partial charge in [0.2, 0.25) is 11.8 Å². The number of carbonyl (C=O) groups is 4. The van der Waals surface area contributed by atoms with Gasteiger partial charge in [-0.3, -0.25) is 9.59 Å². The van der Waals surface area contributed by atoms with E-state index in [1.807, 2.05) is 60.7 Å². The average molecular weight is 580 g/mol. The Hall–Kier alpha value is -4.44. The monoisotopic (exact) mass is 579 g/mol. The SMILES string of the molecule is C=CC[C@H](CC(=O)N[C@H](C)CO)C(=O)N[C@@H](COC(=O)[C@@H](CC=C)NC(=O)OCc1ccccc1)Cc1ccccc1. The first-order valence-electron chi connectivity index (χ1n) is 13.9. The number of aliphatic hydroxyl groups excluding tert-OH is 1. The molecule has 0 unspecified atom stereocenters. The minimum atomic E-state index is -1.04. The van der Waals surface area contributed by atoms with E-state index in [0.717, 1.165) is 11.1 Å². The molecular formula is C32H41N3O7. The summed E-state index contributed by atoms with van der Waals surface area (Å²) in [7, 11) is 0. The van der Waals surface area contributed by atoms with Crippen LogP contribution in [-0.4, -0.2) is 60.3 Å². The summed E-state index contributed by atoms with van der Waals surface area (Å²) in [5.41, 5.74) is 1.70. The molecule has 0 aromatic heterocycles. The summed E-state index contributed by atoms with van der Waals surface area (Å²) in [6.07, 6.45) is 2.87. The first-order chi connectivity index (χ1) is 20.2. The molecule has 4 N–H and O–H groups in total. The van der Waals surface area contributed by atoms with Gasteiger partial charge in [0.25, 0.3) is 0 Å². The number of hydrogen-bond acceptors (Lipinski definition) is 7. The van der Waals surface area contributed by atoms with Crippen molar-refractivity contribution in [3.05, 3.63) is 97.1 Å². The van der Waals surface area contributed by atoms with Crippen LogP contribution >= 0.6 is 0 Å².